The molecule has 3 rings (SSSR count). The van der Waals surface area contributed by atoms with Crippen molar-refractivity contribution in [3.8, 4) is 0 Å². The van der Waals surface area contributed by atoms with Crippen LogP contribution in [0.2, 0.25) is 0 Å². The highest BCUT2D eigenvalue weighted by Gasteiger charge is 2.15. The molecule has 1 aliphatic carbocycles. The Hall–Kier alpha value is -1.51. The van der Waals surface area contributed by atoms with E-state index in [-0.39, 0.29) is 24.0 Å². The zero-order valence-electron chi connectivity index (χ0n) is 18.0. The highest BCUT2D eigenvalue weighted by Crippen LogP contribution is 2.17. The van der Waals surface area contributed by atoms with Crippen LogP contribution in [0.15, 0.2) is 27.8 Å². The second-order valence-corrected chi connectivity index (χ2v) is 7.84. The fourth-order valence-corrected chi connectivity index (χ4v) is 3.98. The van der Waals surface area contributed by atoms with Gasteiger partial charge in [-0.1, -0.05) is 19.3 Å². The Bertz CT molecular complexity index is 748. The van der Waals surface area contributed by atoms with Crippen molar-refractivity contribution in [1.29, 1.82) is 0 Å². The Kier molecular flexibility index (Phi) is 10.0. The van der Waals surface area contributed by atoms with Crippen molar-refractivity contribution in [2.24, 2.45) is 12.0 Å². The standard InChI is InChI=1S/C22H35N5O.HI/c1-17-21(18(2)27(3)26-17)12-7-14-23-22(25-19-9-5-4-6-10-19)24-15-13-20-11-8-16-28-20;/h8,11,16,19H,4-7,9-10,12-15H2,1-3H3,(H2,23,24,25);1H. The molecule has 0 unspecified atom stereocenters. The van der Waals surface area contributed by atoms with Crippen molar-refractivity contribution < 1.29 is 4.42 Å². The molecule has 162 valence electrons. The second kappa shape index (κ2) is 12.2. The third-order valence-electron chi connectivity index (χ3n) is 5.70. The molecule has 0 atom stereocenters. The SMILES string of the molecule is Cc1nn(C)c(C)c1CCCN=C(NCCc1ccco1)NC1CCCCC1.I. The number of guanidine groups is 1. The van der Waals surface area contributed by atoms with E-state index < -0.39 is 0 Å². The number of aliphatic imine (C=N–C) groups is 1. The van der Waals surface area contributed by atoms with Gasteiger partial charge in [0.05, 0.1) is 12.0 Å². The number of aromatic nitrogens is 2. The van der Waals surface area contributed by atoms with Gasteiger partial charge in [0.2, 0.25) is 0 Å². The van der Waals surface area contributed by atoms with Gasteiger partial charge in [-0.2, -0.15) is 5.10 Å². The van der Waals surface area contributed by atoms with E-state index in [0.717, 1.165) is 49.8 Å². The molecule has 0 amide bonds. The van der Waals surface area contributed by atoms with E-state index in [0.29, 0.717) is 6.04 Å². The van der Waals surface area contributed by atoms with Gasteiger partial charge in [0.25, 0.3) is 0 Å². The van der Waals surface area contributed by atoms with Gasteiger partial charge in [-0.05, 0) is 57.2 Å². The summed E-state index contributed by atoms with van der Waals surface area (Å²) in [5, 5.41) is 11.7. The van der Waals surface area contributed by atoms with Gasteiger partial charge in [-0.25, -0.2) is 0 Å². The predicted octanol–water partition coefficient (Wildman–Crippen LogP) is 4.29. The van der Waals surface area contributed by atoms with Crippen LogP contribution in [0, 0.1) is 13.8 Å². The molecule has 2 heterocycles. The first-order valence-corrected chi connectivity index (χ1v) is 10.7. The number of nitrogens with zero attached hydrogens (tertiary/aromatic N) is 3. The summed E-state index contributed by atoms with van der Waals surface area (Å²) < 4.78 is 7.40. The van der Waals surface area contributed by atoms with Crippen LogP contribution in [-0.4, -0.2) is 34.9 Å². The van der Waals surface area contributed by atoms with Crippen LogP contribution in [0.25, 0.3) is 0 Å². The van der Waals surface area contributed by atoms with Gasteiger partial charge in [0.15, 0.2) is 5.96 Å². The number of aryl methyl sites for hydroxylation is 2. The number of halogens is 1. The summed E-state index contributed by atoms with van der Waals surface area (Å²) in [7, 11) is 2.01. The summed E-state index contributed by atoms with van der Waals surface area (Å²) in [6.07, 6.45) is 11.1. The highest BCUT2D eigenvalue weighted by atomic mass is 127. The Labute approximate surface area is 191 Å². The number of hydrogen-bond acceptors (Lipinski definition) is 3. The van der Waals surface area contributed by atoms with Crippen molar-refractivity contribution >= 4 is 29.9 Å². The summed E-state index contributed by atoms with van der Waals surface area (Å²) >= 11 is 0. The maximum atomic E-state index is 5.43. The van der Waals surface area contributed by atoms with E-state index in [1.165, 1.54) is 43.4 Å². The molecule has 1 saturated carbocycles. The predicted molar refractivity (Wildman–Crippen MR) is 129 cm³/mol. The maximum absolute atomic E-state index is 5.43. The third-order valence-corrected chi connectivity index (χ3v) is 5.70. The smallest absolute Gasteiger partial charge is 0.191 e. The number of rotatable bonds is 8. The van der Waals surface area contributed by atoms with E-state index in [1.807, 2.05) is 23.9 Å². The molecule has 0 aliphatic heterocycles. The molecule has 29 heavy (non-hydrogen) atoms. The van der Waals surface area contributed by atoms with Crippen molar-refractivity contribution in [1.82, 2.24) is 20.4 Å². The molecule has 7 heteroatoms. The van der Waals surface area contributed by atoms with E-state index >= 15 is 0 Å². The Morgan fingerprint density at radius 2 is 2.03 bits per heavy atom. The molecule has 2 aromatic rings. The summed E-state index contributed by atoms with van der Waals surface area (Å²) in [6.45, 7) is 5.88. The lowest BCUT2D eigenvalue weighted by Gasteiger charge is -2.25. The molecule has 1 fully saturated rings. The normalized spacial score (nSPS) is 15.2. The van der Waals surface area contributed by atoms with Crippen LogP contribution < -0.4 is 10.6 Å². The number of hydrogen-bond donors (Lipinski definition) is 2. The Morgan fingerprint density at radius 3 is 2.69 bits per heavy atom. The number of nitrogens with one attached hydrogen (secondary N) is 2. The highest BCUT2D eigenvalue weighted by molar-refractivity contribution is 14.0. The van der Waals surface area contributed by atoms with Crippen molar-refractivity contribution in [2.75, 3.05) is 13.1 Å². The van der Waals surface area contributed by atoms with Gasteiger partial charge in [-0.15, -0.1) is 24.0 Å². The van der Waals surface area contributed by atoms with Crippen LogP contribution in [0.5, 0.6) is 0 Å². The summed E-state index contributed by atoms with van der Waals surface area (Å²) in [4.78, 5) is 4.85. The largest absolute Gasteiger partial charge is 0.469 e. The van der Waals surface area contributed by atoms with Crippen LogP contribution in [0.1, 0.15) is 61.2 Å². The molecule has 2 aromatic heterocycles. The van der Waals surface area contributed by atoms with Crippen molar-refractivity contribution in [3.05, 3.63) is 41.1 Å². The summed E-state index contributed by atoms with van der Waals surface area (Å²) in [5.74, 6) is 1.95. The molecule has 0 bridgehead atoms. The van der Waals surface area contributed by atoms with E-state index in [1.54, 1.807) is 6.26 Å². The quantitative estimate of drug-likeness (QED) is 0.239. The summed E-state index contributed by atoms with van der Waals surface area (Å²) in [5.41, 5.74) is 3.77. The van der Waals surface area contributed by atoms with Gasteiger partial charge >= 0.3 is 0 Å². The zero-order chi connectivity index (χ0) is 19.8. The lowest BCUT2D eigenvalue weighted by Crippen LogP contribution is -2.45. The van der Waals surface area contributed by atoms with E-state index in [4.69, 9.17) is 9.41 Å². The molecule has 0 aromatic carbocycles. The molecular formula is C22H36IN5O. The van der Waals surface area contributed by atoms with Gasteiger partial charge in [-0.3, -0.25) is 9.67 Å². The minimum atomic E-state index is 0. The Balaban J connectivity index is 0.00000300. The molecule has 2 N–H and O–H groups in total. The fourth-order valence-electron chi connectivity index (χ4n) is 3.98. The van der Waals surface area contributed by atoms with Gasteiger partial charge < -0.3 is 15.1 Å². The first kappa shape index (κ1) is 23.8. The molecule has 0 spiro atoms. The van der Waals surface area contributed by atoms with Crippen molar-refractivity contribution in [3.63, 3.8) is 0 Å². The average molecular weight is 513 g/mol. The third kappa shape index (κ3) is 7.35. The minimum absolute atomic E-state index is 0. The molecular weight excluding hydrogens is 477 g/mol. The number of furan rings is 1. The van der Waals surface area contributed by atoms with E-state index in [2.05, 4.69) is 29.6 Å². The average Bonchev–Trinajstić information content (AvgIpc) is 3.29. The van der Waals surface area contributed by atoms with Gasteiger partial charge in [0, 0.05) is 38.3 Å². The molecule has 1 aliphatic rings. The molecule has 0 saturated heterocycles. The monoisotopic (exact) mass is 513 g/mol. The van der Waals surface area contributed by atoms with E-state index in [9.17, 15) is 0 Å². The van der Waals surface area contributed by atoms with Crippen LogP contribution in [0.4, 0.5) is 0 Å². The van der Waals surface area contributed by atoms with Crippen molar-refractivity contribution in [2.45, 2.75) is 71.3 Å². The Morgan fingerprint density at radius 1 is 1.24 bits per heavy atom. The topological polar surface area (TPSA) is 67.4 Å². The summed E-state index contributed by atoms with van der Waals surface area (Å²) in [6, 6.07) is 4.50. The van der Waals surface area contributed by atoms with Crippen LogP contribution >= 0.6 is 24.0 Å². The minimum Gasteiger partial charge on any atom is -0.469 e. The molecule has 0 radical (unpaired) electrons. The molecule has 6 nitrogen and oxygen atoms in total. The second-order valence-electron chi connectivity index (χ2n) is 7.84. The maximum Gasteiger partial charge on any atom is 0.191 e. The first-order valence-electron chi connectivity index (χ1n) is 10.7. The zero-order valence-corrected chi connectivity index (χ0v) is 20.4. The van der Waals surface area contributed by atoms with Crippen LogP contribution in [0.3, 0.4) is 0 Å². The lowest BCUT2D eigenvalue weighted by molar-refractivity contribution is 0.409. The lowest BCUT2D eigenvalue weighted by atomic mass is 9.96. The fraction of sp³-hybridized carbons (Fsp3) is 0.636. The first-order chi connectivity index (χ1) is 13.6. The van der Waals surface area contributed by atoms with Crippen LogP contribution in [-0.2, 0) is 19.9 Å². The van der Waals surface area contributed by atoms with Gasteiger partial charge in [0.1, 0.15) is 5.76 Å².